The Morgan fingerprint density at radius 3 is 2.03 bits per heavy atom. The molecule has 0 bridgehead atoms. The summed E-state index contributed by atoms with van der Waals surface area (Å²) in [5.41, 5.74) is -0.856. The number of nitrogens with one attached hydrogen (secondary N) is 1. The maximum atomic E-state index is 13.0. The van der Waals surface area contributed by atoms with Gasteiger partial charge in [-0.2, -0.15) is 0 Å². The van der Waals surface area contributed by atoms with E-state index in [0.717, 1.165) is 33.8 Å². The lowest BCUT2D eigenvalue weighted by molar-refractivity contribution is -0.385. The molecule has 1 amide bonds. The first kappa shape index (κ1) is 27.2. The average Bonchev–Trinajstić information content (AvgIpc) is 2.75. The molecule has 0 spiro atoms. The summed E-state index contributed by atoms with van der Waals surface area (Å²) in [7, 11) is 0. The lowest BCUT2D eigenvalue weighted by Gasteiger charge is -2.44. The van der Waals surface area contributed by atoms with E-state index in [1.165, 1.54) is 18.2 Å². The molecule has 5 atom stereocenters. The van der Waals surface area contributed by atoms with E-state index in [0.29, 0.717) is 0 Å². The molecule has 1 heterocycles. The van der Waals surface area contributed by atoms with E-state index >= 15 is 0 Å². The Kier molecular flexibility index (Phi) is 9.22. The molecule has 1 aliphatic rings. The molecule has 1 saturated heterocycles. The Hall–Kier alpha value is -4.07. The Balaban J connectivity index is 2.51. The van der Waals surface area contributed by atoms with Crippen LogP contribution in [-0.4, -0.2) is 72.0 Å². The summed E-state index contributed by atoms with van der Waals surface area (Å²) in [6, 6.07) is 3.57. The van der Waals surface area contributed by atoms with Crippen LogP contribution in [0, 0.1) is 10.1 Å². The largest absolute Gasteiger partial charge is 0.463 e. The van der Waals surface area contributed by atoms with Crippen molar-refractivity contribution in [1.29, 1.82) is 0 Å². The number of carbonyl (C=O) groups is 5. The number of hydrogen-bond acceptors (Lipinski definition) is 12. The monoisotopic (exact) mass is 496 g/mol. The molecule has 1 fully saturated rings. The van der Waals surface area contributed by atoms with Gasteiger partial charge in [0.25, 0.3) is 11.6 Å². The number of benzene rings is 1. The molecular formula is C21H24N2O12. The summed E-state index contributed by atoms with van der Waals surface area (Å²) < 4.78 is 26.3. The third-order valence-electron chi connectivity index (χ3n) is 4.63. The minimum absolute atomic E-state index is 0.341. The van der Waals surface area contributed by atoms with Crippen LogP contribution in [-0.2, 0) is 42.9 Å². The van der Waals surface area contributed by atoms with Crippen LogP contribution >= 0.6 is 0 Å². The highest BCUT2D eigenvalue weighted by Crippen LogP contribution is 2.29. The highest BCUT2D eigenvalue weighted by atomic mass is 16.7. The zero-order valence-electron chi connectivity index (χ0n) is 19.2. The highest BCUT2D eigenvalue weighted by molar-refractivity contribution is 5.98. The van der Waals surface area contributed by atoms with Crippen molar-refractivity contribution < 1.29 is 52.6 Å². The van der Waals surface area contributed by atoms with Gasteiger partial charge >= 0.3 is 23.9 Å². The smallest absolute Gasteiger partial charge is 0.305 e. The summed E-state index contributed by atoms with van der Waals surface area (Å²) in [4.78, 5) is 70.3. The normalized spacial score (nSPS) is 23.4. The van der Waals surface area contributed by atoms with Gasteiger partial charge in [0, 0.05) is 33.8 Å². The molecular weight excluding hydrogens is 472 g/mol. The zero-order chi connectivity index (χ0) is 26.3. The summed E-state index contributed by atoms with van der Waals surface area (Å²) >= 11 is 0. The predicted molar refractivity (Wildman–Crippen MR) is 113 cm³/mol. The van der Waals surface area contributed by atoms with Crippen molar-refractivity contribution in [3.8, 4) is 0 Å². The van der Waals surface area contributed by atoms with Gasteiger partial charge < -0.3 is 29.0 Å². The Bertz CT molecular complexity index is 1010. The fraction of sp³-hybridized carbons (Fsp3) is 0.476. The first-order chi connectivity index (χ1) is 16.4. The van der Waals surface area contributed by atoms with Crippen molar-refractivity contribution in [2.45, 2.75) is 58.3 Å². The van der Waals surface area contributed by atoms with Gasteiger partial charge in [0.2, 0.25) is 6.29 Å². The molecule has 0 aromatic heterocycles. The van der Waals surface area contributed by atoms with Crippen molar-refractivity contribution in [1.82, 2.24) is 5.32 Å². The number of nitro benzene ring substituents is 1. The average molecular weight is 496 g/mol. The Morgan fingerprint density at radius 2 is 1.49 bits per heavy atom. The minimum Gasteiger partial charge on any atom is -0.463 e. The number of nitro groups is 1. The van der Waals surface area contributed by atoms with Crippen LogP contribution in [0.2, 0.25) is 0 Å². The minimum atomic E-state index is -1.61. The van der Waals surface area contributed by atoms with Crippen LogP contribution < -0.4 is 5.32 Å². The fourth-order valence-corrected chi connectivity index (χ4v) is 3.37. The maximum absolute atomic E-state index is 13.0. The van der Waals surface area contributed by atoms with Gasteiger partial charge in [-0.15, -0.1) is 0 Å². The van der Waals surface area contributed by atoms with E-state index in [9.17, 15) is 34.1 Å². The number of ether oxygens (including phenoxy) is 5. The van der Waals surface area contributed by atoms with Crippen LogP contribution in [0.1, 0.15) is 38.1 Å². The lowest BCUT2D eigenvalue weighted by atomic mass is 9.95. The quantitative estimate of drug-likeness (QED) is 0.226. The van der Waals surface area contributed by atoms with Crippen LogP contribution in [0.25, 0.3) is 0 Å². The van der Waals surface area contributed by atoms with E-state index in [2.05, 4.69) is 5.32 Å². The molecule has 14 nitrogen and oxygen atoms in total. The second kappa shape index (κ2) is 11.9. The molecule has 1 N–H and O–H groups in total. The van der Waals surface area contributed by atoms with Gasteiger partial charge in [-0.05, 0) is 6.07 Å². The molecule has 0 aliphatic carbocycles. The van der Waals surface area contributed by atoms with E-state index in [4.69, 9.17) is 23.7 Å². The number of carbonyl (C=O) groups excluding carboxylic acids is 5. The third-order valence-corrected chi connectivity index (χ3v) is 4.63. The first-order valence-electron chi connectivity index (χ1n) is 10.3. The van der Waals surface area contributed by atoms with Crippen molar-refractivity contribution in [3.05, 3.63) is 39.9 Å². The molecule has 35 heavy (non-hydrogen) atoms. The van der Waals surface area contributed by atoms with Crippen molar-refractivity contribution in [2.24, 2.45) is 0 Å². The number of esters is 4. The summed E-state index contributed by atoms with van der Waals surface area (Å²) in [5.74, 6) is -4.21. The van der Waals surface area contributed by atoms with E-state index in [1.807, 2.05) is 0 Å². The van der Waals surface area contributed by atoms with Gasteiger partial charge in [0.15, 0.2) is 12.2 Å². The number of para-hydroxylation sites is 1. The van der Waals surface area contributed by atoms with Gasteiger partial charge in [-0.25, -0.2) is 0 Å². The second-order valence-corrected chi connectivity index (χ2v) is 7.38. The number of nitrogens with zero attached hydrogens (tertiary/aromatic N) is 1. The zero-order valence-corrected chi connectivity index (χ0v) is 19.2. The molecule has 0 radical (unpaired) electrons. The number of hydrogen-bond donors (Lipinski definition) is 1. The fourth-order valence-electron chi connectivity index (χ4n) is 3.37. The molecule has 190 valence electrons. The van der Waals surface area contributed by atoms with Gasteiger partial charge in [0.05, 0.1) is 4.92 Å². The van der Waals surface area contributed by atoms with Gasteiger partial charge in [0.1, 0.15) is 24.3 Å². The van der Waals surface area contributed by atoms with Crippen molar-refractivity contribution in [2.75, 3.05) is 6.61 Å². The summed E-state index contributed by atoms with van der Waals surface area (Å²) in [6.45, 7) is 3.79. The Labute approximate surface area is 198 Å². The molecule has 0 unspecified atom stereocenters. The predicted octanol–water partition coefficient (Wildman–Crippen LogP) is 0.408. The molecule has 1 aliphatic heterocycles. The molecule has 1 aromatic rings. The van der Waals surface area contributed by atoms with Crippen LogP contribution in [0.3, 0.4) is 0 Å². The van der Waals surface area contributed by atoms with Gasteiger partial charge in [-0.1, -0.05) is 12.1 Å². The SMILES string of the molecule is CC(=O)OC[C@@H]1O[C@H](OC(C)=O)[C@@H](NC(=O)c2ccccc2[N+](=O)[O-])[C@@H](OC(C)=O)[C@@H]1OC(C)=O. The van der Waals surface area contributed by atoms with Crippen molar-refractivity contribution >= 4 is 35.5 Å². The Morgan fingerprint density at radius 1 is 0.914 bits per heavy atom. The molecule has 14 heteroatoms. The number of amides is 1. The molecule has 0 saturated carbocycles. The van der Waals surface area contributed by atoms with E-state index < -0.39 is 77.6 Å². The first-order valence-corrected chi connectivity index (χ1v) is 10.3. The van der Waals surface area contributed by atoms with E-state index in [1.54, 1.807) is 0 Å². The molecule has 2 rings (SSSR count). The van der Waals surface area contributed by atoms with Crippen LogP contribution in [0.15, 0.2) is 24.3 Å². The highest BCUT2D eigenvalue weighted by Gasteiger charge is 2.52. The maximum Gasteiger partial charge on any atom is 0.305 e. The second-order valence-electron chi connectivity index (χ2n) is 7.38. The van der Waals surface area contributed by atoms with Crippen LogP contribution in [0.5, 0.6) is 0 Å². The topological polar surface area (TPSA) is 187 Å². The van der Waals surface area contributed by atoms with Crippen LogP contribution in [0.4, 0.5) is 5.69 Å². The summed E-state index contributed by atoms with van der Waals surface area (Å²) in [6.07, 6.45) is -5.80. The molecule has 1 aromatic carbocycles. The summed E-state index contributed by atoms with van der Waals surface area (Å²) in [5, 5.41) is 13.8. The standard InChI is InChI=1S/C21H24N2O12/c1-10(24)31-9-16-18(32-11(2)25)19(33-12(3)26)17(21(35-16)34-13(4)27)22-20(28)14-7-5-6-8-15(14)23(29)30/h5-8,16-19,21H,9H2,1-4H3,(H,22,28)/t16-,17-,18+,19+,21-/m0/s1. The lowest BCUT2D eigenvalue weighted by Crippen LogP contribution is -2.67. The third kappa shape index (κ3) is 7.46. The van der Waals surface area contributed by atoms with E-state index in [-0.39, 0.29) is 5.56 Å². The number of rotatable bonds is 8. The van der Waals surface area contributed by atoms with Gasteiger partial charge in [-0.3, -0.25) is 34.1 Å². The van der Waals surface area contributed by atoms with Crippen molar-refractivity contribution in [3.63, 3.8) is 0 Å².